The van der Waals surface area contributed by atoms with Crippen molar-refractivity contribution in [3.8, 4) is 0 Å². The number of nitrogens with one attached hydrogen (secondary N) is 1. The first-order valence-electron chi connectivity index (χ1n) is 14.6. The van der Waals surface area contributed by atoms with Crippen molar-refractivity contribution in [2.45, 2.75) is 109 Å². The molecule has 0 aromatic heterocycles. The molecule has 1 aliphatic heterocycles. The summed E-state index contributed by atoms with van der Waals surface area (Å²) in [5, 5.41) is 2.90. The molecule has 4 saturated carbocycles. The number of rotatable bonds is 3. The third kappa shape index (κ3) is 4.71. The molecule has 5 rings (SSSR count). The Hall–Kier alpha value is -1.54. The van der Waals surface area contributed by atoms with Crippen LogP contribution in [-0.2, 0) is 19.1 Å². The van der Waals surface area contributed by atoms with E-state index in [9.17, 15) is 14.4 Å². The van der Waals surface area contributed by atoms with Crippen molar-refractivity contribution in [1.29, 1.82) is 0 Å². The van der Waals surface area contributed by atoms with Gasteiger partial charge in [0.05, 0.1) is 6.54 Å². The molecule has 1 saturated heterocycles. The van der Waals surface area contributed by atoms with E-state index < -0.39 is 0 Å². The number of halogens is 1. The summed E-state index contributed by atoms with van der Waals surface area (Å²) in [6.07, 6.45) is 10.1. The summed E-state index contributed by atoms with van der Waals surface area (Å²) in [4.78, 5) is 38.8. The zero-order chi connectivity index (χ0) is 26.6. The predicted molar refractivity (Wildman–Crippen MR) is 147 cm³/mol. The van der Waals surface area contributed by atoms with E-state index in [-0.39, 0.29) is 64.9 Å². The summed E-state index contributed by atoms with van der Waals surface area (Å²) < 4.78 is 11.4. The van der Waals surface area contributed by atoms with Gasteiger partial charge in [-0.1, -0.05) is 13.8 Å². The Morgan fingerprint density at radius 3 is 2.39 bits per heavy atom. The first kappa shape index (κ1) is 29.4. The second kappa shape index (κ2) is 10.8. The number of esters is 1. The zero-order valence-corrected chi connectivity index (χ0v) is 24.4. The van der Waals surface area contributed by atoms with Crippen molar-refractivity contribution in [1.82, 2.24) is 10.2 Å². The Balaban J connectivity index is 0.00000336. The molecule has 0 spiro atoms. The highest BCUT2D eigenvalue weighted by Crippen LogP contribution is 2.68. The normalized spacial score (nSPS) is 44.0. The van der Waals surface area contributed by atoms with Gasteiger partial charge in [-0.05, 0) is 99.2 Å². The number of ether oxygens (including phenoxy) is 2. The molecular formula is C29H48ClN3O5. The van der Waals surface area contributed by atoms with E-state index in [1.54, 1.807) is 11.9 Å². The highest BCUT2D eigenvalue weighted by Gasteiger charge is 2.67. The van der Waals surface area contributed by atoms with Crippen LogP contribution in [0.4, 0.5) is 4.79 Å². The molecule has 38 heavy (non-hydrogen) atoms. The first-order chi connectivity index (χ1) is 17.5. The lowest BCUT2D eigenvalue weighted by molar-refractivity contribution is -0.149. The van der Waals surface area contributed by atoms with Gasteiger partial charge in [-0.15, -0.1) is 12.4 Å². The lowest BCUT2D eigenvalue weighted by atomic mass is 9.42. The van der Waals surface area contributed by atoms with Crippen LogP contribution in [0.2, 0.25) is 0 Å². The molecule has 1 heterocycles. The standard InChI is InChI=1S/C29H47N3O5.ClH/c1-18(33)36-21-6-5-15-32(17-21)26(35)37-20-9-12-27(2)19(16-20)7-8-23-22(27)10-13-28(3)24(25(34)31-4)11-14-29(23,28)30;/h19-24H,5-17,30H2,1-4H3,(H,31,34);1H/t19-,20+,21?,22+,23-,24-,27+,28-,29+;/m1./s1. The summed E-state index contributed by atoms with van der Waals surface area (Å²) in [6.45, 7) is 7.25. The number of piperidine rings is 1. The lowest BCUT2D eigenvalue weighted by Crippen LogP contribution is -2.67. The van der Waals surface area contributed by atoms with Crippen molar-refractivity contribution in [3.05, 3.63) is 0 Å². The van der Waals surface area contributed by atoms with Crippen LogP contribution in [0.15, 0.2) is 0 Å². The van der Waals surface area contributed by atoms with Gasteiger partial charge in [0.25, 0.3) is 0 Å². The molecule has 4 aliphatic carbocycles. The second-order valence-corrected chi connectivity index (χ2v) is 13.3. The van der Waals surface area contributed by atoms with Crippen LogP contribution < -0.4 is 11.1 Å². The Morgan fingerprint density at radius 2 is 1.68 bits per heavy atom. The number of hydrogen-bond acceptors (Lipinski definition) is 6. The quantitative estimate of drug-likeness (QED) is 0.500. The minimum Gasteiger partial charge on any atom is -0.461 e. The number of hydrogen-bond donors (Lipinski definition) is 2. The van der Waals surface area contributed by atoms with Crippen LogP contribution in [0.25, 0.3) is 0 Å². The largest absolute Gasteiger partial charge is 0.461 e. The molecule has 0 bridgehead atoms. The molecule has 0 aromatic rings. The van der Waals surface area contributed by atoms with Gasteiger partial charge >= 0.3 is 12.1 Å². The second-order valence-electron chi connectivity index (χ2n) is 13.3. The Labute approximate surface area is 233 Å². The monoisotopic (exact) mass is 553 g/mol. The SMILES string of the molecule is CNC(=O)[C@H]1CC[C@]2(N)[C@@H]3CC[C@@H]4C[C@@H](OC(=O)N5CCCC(OC(C)=O)C5)CC[C@]4(C)[C@H]3CC[C@]12C.Cl. The molecule has 2 amide bonds. The minimum absolute atomic E-state index is 0. The van der Waals surface area contributed by atoms with E-state index in [4.69, 9.17) is 15.2 Å². The first-order valence-corrected chi connectivity index (χ1v) is 14.6. The van der Waals surface area contributed by atoms with Crippen LogP contribution in [0.3, 0.4) is 0 Å². The number of carbonyl (C=O) groups excluding carboxylic acids is 3. The smallest absolute Gasteiger partial charge is 0.410 e. The van der Waals surface area contributed by atoms with E-state index in [1.165, 1.54) is 6.92 Å². The van der Waals surface area contributed by atoms with E-state index in [1.807, 2.05) is 0 Å². The third-order valence-electron chi connectivity index (χ3n) is 11.8. The number of likely N-dealkylation sites (tertiary alicyclic amines) is 1. The fourth-order valence-electron chi connectivity index (χ4n) is 9.64. The average molecular weight is 554 g/mol. The molecule has 216 valence electrons. The molecule has 0 aromatic carbocycles. The van der Waals surface area contributed by atoms with Gasteiger partial charge in [0.1, 0.15) is 12.2 Å². The molecule has 9 heteroatoms. The van der Waals surface area contributed by atoms with E-state index in [2.05, 4.69) is 19.2 Å². The highest BCUT2D eigenvalue weighted by molar-refractivity contribution is 5.85. The van der Waals surface area contributed by atoms with E-state index in [0.29, 0.717) is 30.8 Å². The predicted octanol–water partition coefficient (Wildman–Crippen LogP) is 4.43. The fraction of sp³-hybridized carbons (Fsp3) is 0.897. The molecule has 3 N–H and O–H groups in total. The van der Waals surface area contributed by atoms with Crippen molar-refractivity contribution < 1.29 is 23.9 Å². The lowest BCUT2D eigenvalue weighted by Gasteiger charge is -2.64. The molecular weight excluding hydrogens is 506 g/mol. The van der Waals surface area contributed by atoms with E-state index in [0.717, 1.165) is 70.6 Å². The molecule has 5 aliphatic rings. The Bertz CT molecular complexity index is 934. The number of nitrogens with two attached hydrogens (primary N) is 1. The maximum atomic E-state index is 13.0. The summed E-state index contributed by atoms with van der Waals surface area (Å²) in [5.74, 6) is 1.41. The minimum atomic E-state index is -0.300. The van der Waals surface area contributed by atoms with Crippen molar-refractivity contribution >= 4 is 30.4 Å². The Kier molecular flexibility index (Phi) is 8.36. The third-order valence-corrected chi connectivity index (χ3v) is 11.8. The Morgan fingerprint density at radius 1 is 0.921 bits per heavy atom. The summed E-state index contributed by atoms with van der Waals surface area (Å²) >= 11 is 0. The summed E-state index contributed by atoms with van der Waals surface area (Å²) in [7, 11) is 1.74. The van der Waals surface area contributed by atoms with Crippen LogP contribution in [0.5, 0.6) is 0 Å². The van der Waals surface area contributed by atoms with Gasteiger partial charge in [-0.3, -0.25) is 9.59 Å². The van der Waals surface area contributed by atoms with Crippen molar-refractivity contribution in [2.24, 2.45) is 40.2 Å². The van der Waals surface area contributed by atoms with Crippen LogP contribution >= 0.6 is 12.4 Å². The average Bonchev–Trinajstić information content (AvgIpc) is 3.14. The number of carbonyl (C=O) groups is 3. The topological polar surface area (TPSA) is 111 Å². The maximum absolute atomic E-state index is 13.0. The number of fused-ring (bicyclic) bond motifs is 5. The van der Waals surface area contributed by atoms with Gasteiger partial charge < -0.3 is 25.4 Å². The molecule has 0 radical (unpaired) electrons. The summed E-state index contributed by atoms with van der Waals surface area (Å²) in [5.41, 5.74) is 7.14. The molecule has 5 fully saturated rings. The van der Waals surface area contributed by atoms with Gasteiger partial charge in [-0.2, -0.15) is 0 Å². The van der Waals surface area contributed by atoms with Gasteiger partial charge in [-0.25, -0.2) is 4.79 Å². The molecule has 8 nitrogen and oxygen atoms in total. The molecule has 9 atom stereocenters. The van der Waals surface area contributed by atoms with Crippen LogP contribution in [-0.4, -0.2) is 60.8 Å². The van der Waals surface area contributed by atoms with E-state index >= 15 is 0 Å². The van der Waals surface area contributed by atoms with Crippen LogP contribution in [0.1, 0.15) is 91.4 Å². The van der Waals surface area contributed by atoms with Gasteiger partial charge in [0.15, 0.2) is 0 Å². The highest BCUT2D eigenvalue weighted by atomic mass is 35.5. The molecule has 1 unspecified atom stereocenters. The fourth-order valence-corrected chi connectivity index (χ4v) is 9.64. The van der Waals surface area contributed by atoms with Gasteiger partial charge in [0.2, 0.25) is 5.91 Å². The number of amides is 2. The van der Waals surface area contributed by atoms with Crippen LogP contribution in [0, 0.1) is 34.5 Å². The summed E-state index contributed by atoms with van der Waals surface area (Å²) in [6, 6.07) is 0. The maximum Gasteiger partial charge on any atom is 0.410 e. The van der Waals surface area contributed by atoms with Crippen molar-refractivity contribution in [2.75, 3.05) is 20.1 Å². The number of nitrogens with zero attached hydrogens (tertiary/aromatic N) is 1. The van der Waals surface area contributed by atoms with Crippen molar-refractivity contribution in [3.63, 3.8) is 0 Å². The van der Waals surface area contributed by atoms with Gasteiger partial charge in [0, 0.05) is 32.0 Å². The zero-order valence-electron chi connectivity index (χ0n) is 23.6.